The summed E-state index contributed by atoms with van der Waals surface area (Å²) in [5.74, 6) is 0. The summed E-state index contributed by atoms with van der Waals surface area (Å²) < 4.78 is 4.79. The molecule has 0 bridgehead atoms. The van der Waals surface area contributed by atoms with Gasteiger partial charge in [-0.1, -0.05) is 90.5 Å². The summed E-state index contributed by atoms with van der Waals surface area (Å²) in [7, 11) is 0. The lowest BCUT2D eigenvalue weighted by Gasteiger charge is -2.13. The van der Waals surface area contributed by atoms with Gasteiger partial charge in [-0.25, -0.2) is 0 Å². The predicted molar refractivity (Wildman–Crippen MR) is 148 cm³/mol. The molecule has 0 atom stereocenters. The van der Waals surface area contributed by atoms with Crippen LogP contribution < -0.4 is 0 Å². The number of benzene rings is 5. The third-order valence-electron chi connectivity index (χ3n) is 6.78. The number of rotatable bonds is 3. The summed E-state index contributed by atoms with van der Waals surface area (Å²) in [5, 5.41) is 4.49. The molecule has 0 amide bonds. The molecule has 0 N–H and O–H groups in total. The van der Waals surface area contributed by atoms with Crippen LogP contribution in [-0.2, 0) is 0 Å². The zero-order valence-corrected chi connectivity index (χ0v) is 19.7. The van der Waals surface area contributed by atoms with Gasteiger partial charge >= 0.3 is 0 Å². The van der Waals surface area contributed by atoms with E-state index in [0.29, 0.717) is 0 Å². The average molecular weight is 469 g/mol. The number of nitrogens with zero attached hydrogens (tertiary/aromatic N) is 2. The van der Waals surface area contributed by atoms with E-state index in [-0.39, 0.29) is 0 Å². The molecule has 2 heterocycles. The van der Waals surface area contributed by atoms with E-state index in [0.717, 1.165) is 22.0 Å². The number of fused-ring (bicyclic) bond motifs is 5. The summed E-state index contributed by atoms with van der Waals surface area (Å²) in [6.07, 6.45) is 0. The van der Waals surface area contributed by atoms with E-state index in [1.54, 1.807) is 0 Å². The fourth-order valence-electron chi connectivity index (χ4n) is 5.33. The van der Waals surface area contributed by atoms with Gasteiger partial charge in [0.15, 0.2) is 0 Å². The van der Waals surface area contributed by atoms with E-state index < -0.39 is 0 Å². The third-order valence-corrected chi connectivity index (χ3v) is 7.03. The zero-order chi connectivity index (χ0) is 23.4. The van der Waals surface area contributed by atoms with Gasteiger partial charge in [-0.15, -0.1) is 0 Å². The van der Waals surface area contributed by atoms with Crippen molar-refractivity contribution in [1.82, 2.24) is 9.13 Å². The molecule has 0 aliphatic rings. The molecule has 0 radical (unpaired) electrons. The van der Waals surface area contributed by atoms with Gasteiger partial charge in [0.2, 0.25) is 0 Å². The van der Waals surface area contributed by atoms with Crippen molar-refractivity contribution in [3.8, 4) is 22.5 Å². The standard InChI is InChI=1S/C32H21ClN2/c33-23-20-18-22(19-21-23)26-15-9-17-29-30(26)31-27-14-7-8-16-28(27)34(24-10-3-1-4-11-24)32(31)35(29)25-12-5-2-6-13-25/h1-21H. The quantitative estimate of drug-likeness (QED) is 0.245. The minimum absolute atomic E-state index is 0.744. The fourth-order valence-corrected chi connectivity index (χ4v) is 5.46. The maximum absolute atomic E-state index is 6.24. The van der Waals surface area contributed by atoms with Gasteiger partial charge in [-0.3, -0.25) is 9.13 Å². The number of hydrogen-bond acceptors (Lipinski definition) is 0. The van der Waals surface area contributed by atoms with Crippen molar-refractivity contribution in [2.24, 2.45) is 0 Å². The van der Waals surface area contributed by atoms with Crippen LogP contribution in [0.1, 0.15) is 0 Å². The lowest BCUT2D eigenvalue weighted by Crippen LogP contribution is -2.01. The molecule has 0 unspecified atom stereocenters. The van der Waals surface area contributed by atoms with Crippen LogP contribution in [0.3, 0.4) is 0 Å². The van der Waals surface area contributed by atoms with Crippen molar-refractivity contribution in [2.45, 2.75) is 0 Å². The van der Waals surface area contributed by atoms with Gasteiger partial charge in [0, 0.05) is 32.6 Å². The van der Waals surface area contributed by atoms with Crippen molar-refractivity contribution >= 4 is 44.4 Å². The maximum Gasteiger partial charge on any atom is 0.131 e. The highest BCUT2D eigenvalue weighted by Crippen LogP contribution is 2.44. The SMILES string of the molecule is Clc1ccc(-c2cccc3c2c2c4ccccc4n(-c4ccccc4)c2n3-c2ccccc2)cc1. The Hall–Kier alpha value is -4.27. The van der Waals surface area contributed by atoms with E-state index in [2.05, 4.69) is 124 Å². The molecule has 0 fully saturated rings. The summed E-state index contributed by atoms with van der Waals surface area (Å²) >= 11 is 6.24. The van der Waals surface area contributed by atoms with Crippen LogP contribution in [0.5, 0.6) is 0 Å². The molecule has 166 valence electrons. The van der Waals surface area contributed by atoms with Gasteiger partial charge in [0.25, 0.3) is 0 Å². The Kier molecular flexibility index (Phi) is 4.54. The van der Waals surface area contributed by atoms with Crippen LogP contribution in [-0.4, -0.2) is 9.13 Å². The first-order chi connectivity index (χ1) is 17.3. The van der Waals surface area contributed by atoms with E-state index in [1.165, 1.54) is 38.4 Å². The minimum atomic E-state index is 0.744. The molecule has 7 rings (SSSR count). The lowest BCUT2D eigenvalue weighted by molar-refractivity contribution is 1.07. The molecule has 35 heavy (non-hydrogen) atoms. The van der Waals surface area contributed by atoms with Crippen LogP contribution in [0.25, 0.3) is 55.3 Å². The summed E-state index contributed by atoms with van der Waals surface area (Å²) in [6.45, 7) is 0. The zero-order valence-electron chi connectivity index (χ0n) is 18.9. The number of aromatic nitrogens is 2. The van der Waals surface area contributed by atoms with Crippen LogP contribution >= 0.6 is 11.6 Å². The Balaban J connectivity index is 1.75. The van der Waals surface area contributed by atoms with Crippen molar-refractivity contribution in [2.75, 3.05) is 0 Å². The first-order valence-corrected chi connectivity index (χ1v) is 12.1. The summed E-state index contributed by atoms with van der Waals surface area (Å²) in [4.78, 5) is 0. The molecule has 0 saturated heterocycles. The highest BCUT2D eigenvalue weighted by Gasteiger charge is 2.23. The first kappa shape index (κ1) is 20.1. The number of halogens is 1. The second-order valence-electron chi connectivity index (χ2n) is 8.76. The molecule has 3 heteroatoms. The lowest BCUT2D eigenvalue weighted by atomic mass is 9.99. The van der Waals surface area contributed by atoms with E-state index in [4.69, 9.17) is 11.6 Å². The molecule has 7 aromatic rings. The monoisotopic (exact) mass is 468 g/mol. The molecule has 0 aliphatic carbocycles. The Morgan fingerprint density at radius 1 is 0.457 bits per heavy atom. The highest BCUT2D eigenvalue weighted by atomic mass is 35.5. The van der Waals surface area contributed by atoms with Gasteiger partial charge in [0.1, 0.15) is 5.65 Å². The van der Waals surface area contributed by atoms with Crippen molar-refractivity contribution in [1.29, 1.82) is 0 Å². The first-order valence-electron chi connectivity index (χ1n) is 11.7. The van der Waals surface area contributed by atoms with Gasteiger partial charge in [-0.2, -0.15) is 0 Å². The van der Waals surface area contributed by atoms with Gasteiger partial charge in [0.05, 0.1) is 11.0 Å². The molecule has 0 saturated carbocycles. The summed E-state index contributed by atoms with van der Waals surface area (Å²) in [5.41, 5.74) is 8.19. The molecule has 2 nitrogen and oxygen atoms in total. The summed E-state index contributed by atoms with van der Waals surface area (Å²) in [6, 6.07) is 44.7. The van der Waals surface area contributed by atoms with Crippen LogP contribution in [0.15, 0.2) is 127 Å². The van der Waals surface area contributed by atoms with E-state index in [1.807, 2.05) is 12.1 Å². The second kappa shape index (κ2) is 7.90. The minimum Gasteiger partial charge on any atom is -0.295 e. The second-order valence-corrected chi connectivity index (χ2v) is 9.20. The Morgan fingerprint density at radius 3 is 1.71 bits per heavy atom. The smallest absolute Gasteiger partial charge is 0.131 e. The Labute approximate surface area is 208 Å². The molecule has 5 aromatic carbocycles. The topological polar surface area (TPSA) is 9.86 Å². The Morgan fingerprint density at radius 2 is 1.03 bits per heavy atom. The van der Waals surface area contributed by atoms with Crippen molar-refractivity contribution in [3.05, 3.63) is 132 Å². The molecule has 0 spiro atoms. The maximum atomic E-state index is 6.24. The predicted octanol–water partition coefficient (Wildman–Crippen LogP) is 9.05. The molecule has 2 aromatic heterocycles. The third kappa shape index (κ3) is 3.04. The molecule has 0 aliphatic heterocycles. The Bertz CT molecular complexity index is 1830. The van der Waals surface area contributed by atoms with Crippen LogP contribution in [0.2, 0.25) is 5.02 Å². The highest BCUT2D eigenvalue weighted by molar-refractivity contribution is 6.30. The van der Waals surface area contributed by atoms with E-state index >= 15 is 0 Å². The van der Waals surface area contributed by atoms with Crippen LogP contribution in [0.4, 0.5) is 0 Å². The number of para-hydroxylation sites is 3. The molecular weight excluding hydrogens is 448 g/mol. The fraction of sp³-hybridized carbons (Fsp3) is 0. The average Bonchev–Trinajstić information content (AvgIpc) is 3.42. The van der Waals surface area contributed by atoms with E-state index in [9.17, 15) is 0 Å². The van der Waals surface area contributed by atoms with Gasteiger partial charge < -0.3 is 0 Å². The normalized spacial score (nSPS) is 11.6. The van der Waals surface area contributed by atoms with Crippen molar-refractivity contribution in [3.63, 3.8) is 0 Å². The van der Waals surface area contributed by atoms with Gasteiger partial charge in [-0.05, 0) is 59.7 Å². The van der Waals surface area contributed by atoms with Crippen LogP contribution in [0, 0.1) is 0 Å². The number of hydrogen-bond donors (Lipinski definition) is 0. The van der Waals surface area contributed by atoms with Crippen molar-refractivity contribution < 1.29 is 0 Å². The molecular formula is C32H21ClN2. The largest absolute Gasteiger partial charge is 0.295 e.